The quantitative estimate of drug-likeness (QED) is 0.661. The van der Waals surface area contributed by atoms with E-state index in [1.807, 2.05) is 30.8 Å². The highest BCUT2D eigenvalue weighted by molar-refractivity contribution is 7.99. The number of hydrogen-bond donors (Lipinski definition) is 1. The van der Waals surface area contributed by atoms with Crippen LogP contribution in [0.5, 0.6) is 0 Å². The molecule has 0 bridgehead atoms. The lowest BCUT2D eigenvalue weighted by Crippen LogP contribution is -2.32. The molecule has 4 rings (SSSR count). The van der Waals surface area contributed by atoms with Crippen molar-refractivity contribution in [1.29, 1.82) is 0 Å². The SMILES string of the molecule is Cc1c(CN2CCSCC2)cccc1NC(=O)c1ccc(=O)n(-c2ccc(F)cc2)n1. The molecule has 1 aliphatic heterocycles. The van der Waals surface area contributed by atoms with Crippen molar-refractivity contribution in [3.8, 4) is 5.69 Å². The summed E-state index contributed by atoms with van der Waals surface area (Å²) in [6.07, 6.45) is 0. The predicted molar refractivity (Wildman–Crippen MR) is 122 cm³/mol. The lowest BCUT2D eigenvalue weighted by molar-refractivity contribution is 0.102. The second kappa shape index (κ2) is 9.45. The van der Waals surface area contributed by atoms with Crippen molar-refractivity contribution >= 4 is 23.4 Å². The van der Waals surface area contributed by atoms with E-state index in [-0.39, 0.29) is 5.69 Å². The van der Waals surface area contributed by atoms with Crippen LogP contribution in [0.25, 0.3) is 5.69 Å². The maximum Gasteiger partial charge on any atom is 0.276 e. The number of benzene rings is 2. The van der Waals surface area contributed by atoms with Crippen LogP contribution in [0, 0.1) is 12.7 Å². The molecule has 6 nitrogen and oxygen atoms in total. The van der Waals surface area contributed by atoms with Gasteiger partial charge in [-0.1, -0.05) is 12.1 Å². The molecule has 0 spiro atoms. The average molecular weight is 439 g/mol. The number of carbonyl (C=O) groups excluding carboxylic acids is 1. The molecule has 0 saturated carbocycles. The Labute approximate surface area is 184 Å². The Morgan fingerprint density at radius 3 is 2.58 bits per heavy atom. The van der Waals surface area contributed by atoms with E-state index < -0.39 is 17.3 Å². The fourth-order valence-corrected chi connectivity index (χ4v) is 4.45. The summed E-state index contributed by atoms with van der Waals surface area (Å²) in [6.45, 7) is 4.98. The first kappa shape index (κ1) is 21.3. The minimum atomic E-state index is -0.413. The van der Waals surface area contributed by atoms with Gasteiger partial charge in [-0.2, -0.15) is 21.5 Å². The Bertz CT molecular complexity index is 1140. The number of hydrogen-bond acceptors (Lipinski definition) is 5. The van der Waals surface area contributed by atoms with Gasteiger partial charge in [0.05, 0.1) is 5.69 Å². The molecule has 31 heavy (non-hydrogen) atoms. The van der Waals surface area contributed by atoms with Crippen LogP contribution in [0.3, 0.4) is 0 Å². The first-order chi connectivity index (χ1) is 15.0. The molecule has 8 heteroatoms. The largest absolute Gasteiger partial charge is 0.320 e. The van der Waals surface area contributed by atoms with Crippen LogP contribution in [-0.2, 0) is 6.54 Å². The maximum atomic E-state index is 13.2. The number of halogens is 1. The monoisotopic (exact) mass is 438 g/mol. The van der Waals surface area contributed by atoms with E-state index in [9.17, 15) is 14.0 Å². The van der Waals surface area contributed by atoms with Gasteiger partial charge in [0.25, 0.3) is 11.5 Å². The molecule has 2 aromatic carbocycles. The fraction of sp³-hybridized carbons (Fsp3) is 0.261. The van der Waals surface area contributed by atoms with Crippen molar-refractivity contribution in [3.63, 3.8) is 0 Å². The third kappa shape index (κ3) is 5.03. The van der Waals surface area contributed by atoms with Gasteiger partial charge in [0.1, 0.15) is 11.5 Å². The molecule has 1 aliphatic rings. The van der Waals surface area contributed by atoms with Crippen LogP contribution in [0.15, 0.2) is 59.4 Å². The molecule has 160 valence electrons. The summed E-state index contributed by atoms with van der Waals surface area (Å²) < 4.78 is 14.3. The summed E-state index contributed by atoms with van der Waals surface area (Å²) in [6, 6.07) is 13.9. The first-order valence-electron chi connectivity index (χ1n) is 10.1. The van der Waals surface area contributed by atoms with Crippen LogP contribution in [0.1, 0.15) is 21.6 Å². The van der Waals surface area contributed by atoms with Crippen LogP contribution < -0.4 is 10.9 Å². The summed E-state index contributed by atoms with van der Waals surface area (Å²) in [5.74, 6) is 1.46. The van der Waals surface area contributed by atoms with Crippen LogP contribution in [0.4, 0.5) is 10.1 Å². The van der Waals surface area contributed by atoms with Gasteiger partial charge in [-0.25, -0.2) is 4.39 Å². The third-order valence-corrected chi connectivity index (χ3v) is 6.24. The number of aromatic nitrogens is 2. The first-order valence-corrected chi connectivity index (χ1v) is 11.2. The zero-order valence-electron chi connectivity index (χ0n) is 17.2. The molecule has 1 aromatic heterocycles. The van der Waals surface area contributed by atoms with Gasteiger partial charge in [-0.05, 0) is 54.4 Å². The number of anilines is 1. The lowest BCUT2D eigenvalue weighted by atomic mass is 10.1. The van der Waals surface area contributed by atoms with Crippen molar-refractivity contribution in [3.05, 3.63) is 87.6 Å². The van der Waals surface area contributed by atoms with E-state index in [2.05, 4.69) is 21.4 Å². The van der Waals surface area contributed by atoms with Gasteiger partial charge in [0.15, 0.2) is 0 Å². The van der Waals surface area contributed by atoms with E-state index in [1.54, 1.807) is 0 Å². The third-order valence-electron chi connectivity index (χ3n) is 5.30. The number of amides is 1. The predicted octanol–water partition coefficient (Wildman–Crippen LogP) is 3.48. The van der Waals surface area contributed by atoms with Gasteiger partial charge >= 0.3 is 0 Å². The molecule has 1 N–H and O–H groups in total. The second-order valence-electron chi connectivity index (χ2n) is 7.38. The molecule has 1 fully saturated rings. The van der Waals surface area contributed by atoms with Crippen LogP contribution in [-0.4, -0.2) is 45.2 Å². The molecule has 2 heterocycles. The molecular weight excluding hydrogens is 415 g/mol. The van der Waals surface area contributed by atoms with E-state index in [0.29, 0.717) is 5.69 Å². The molecule has 0 aliphatic carbocycles. The summed E-state index contributed by atoms with van der Waals surface area (Å²) in [5, 5.41) is 7.09. The molecule has 0 unspecified atom stereocenters. The van der Waals surface area contributed by atoms with E-state index in [4.69, 9.17) is 0 Å². The summed E-state index contributed by atoms with van der Waals surface area (Å²) in [7, 11) is 0. The Morgan fingerprint density at radius 2 is 1.84 bits per heavy atom. The second-order valence-corrected chi connectivity index (χ2v) is 8.60. The summed E-state index contributed by atoms with van der Waals surface area (Å²) in [5.41, 5.74) is 2.99. The highest BCUT2D eigenvalue weighted by Gasteiger charge is 2.16. The molecular formula is C23H23FN4O2S. The Balaban J connectivity index is 1.54. The van der Waals surface area contributed by atoms with Gasteiger partial charge in [0.2, 0.25) is 0 Å². The zero-order chi connectivity index (χ0) is 21.8. The van der Waals surface area contributed by atoms with Crippen LogP contribution in [0.2, 0.25) is 0 Å². The molecule has 0 atom stereocenters. The number of carbonyl (C=O) groups is 1. The lowest BCUT2D eigenvalue weighted by Gasteiger charge is -2.27. The molecule has 3 aromatic rings. The van der Waals surface area contributed by atoms with E-state index in [0.717, 1.165) is 47.1 Å². The fourth-order valence-electron chi connectivity index (χ4n) is 3.48. The Kier molecular flexibility index (Phi) is 6.48. The maximum absolute atomic E-state index is 13.2. The average Bonchev–Trinajstić information content (AvgIpc) is 2.78. The minimum Gasteiger partial charge on any atom is -0.320 e. The molecule has 1 amide bonds. The van der Waals surface area contributed by atoms with Crippen molar-refractivity contribution in [2.24, 2.45) is 0 Å². The van der Waals surface area contributed by atoms with Gasteiger partial charge in [-0.3, -0.25) is 14.5 Å². The summed E-state index contributed by atoms with van der Waals surface area (Å²) >= 11 is 1.98. The highest BCUT2D eigenvalue weighted by Crippen LogP contribution is 2.22. The van der Waals surface area contributed by atoms with Crippen molar-refractivity contribution in [2.75, 3.05) is 29.9 Å². The van der Waals surface area contributed by atoms with Gasteiger partial charge in [-0.15, -0.1) is 0 Å². The van der Waals surface area contributed by atoms with Crippen molar-refractivity contribution < 1.29 is 9.18 Å². The van der Waals surface area contributed by atoms with Crippen molar-refractivity contribution in [2.45, 2.75) is 13.5 Å². The number of rotatable bonds is 5. The normalized spacial score (nSPS) is 14.4. The Morgan fingerprint density at radius 1 is 1.10 bits per heavy atom. The topological polar surface area (TPSA) is 67.2 Å². The summed E-state index contributed by atoms with van der Waals surface area (Å²) in [4.78, 5) is 27.5. The Hall–Kier alpha value is -2.97. The van der Waals surface area contributed by atoms with E-state index in [1.165, 1.54) is 42.0 Å². The van der Waals surface area contributed by atoms with Gasteiger partial charge < -0.3 is 5.32 Å². The number of nitrogens with one attached hydrogen (secondary N) is 1. The smallest absolute Gasteiger partial charge is 0.276 e. The minimum absolute atomic E-state index is 0.0989. The van der Waals surface area contributed by atoms with Crippen LogP contribution >= 0.6 is 11.8 Å². The number of thioether (sulfide) groups is 1. The number of nitrogens with zero attached hydrogens (tertiary/aromatic N) is 3. The van der Waals surface area contributed by atoms with Gasteiger partial charge in [0, 0.05) is 42.9 Å². The van der Waals surface area contributed by atoms with Crippen molar-refractivity contribution in [1.82, 2.24) is 14.7 Å². The zero-order valence-corrected chi connectivity index (χ0v) is 18.0. The molecule has 1 saturated heterocycles. The molecule has 0 radical (unpaired) electrons. The standard InChI is InChI=1S/C23H23FN4O2S/c1-16-17(15-27-11-13-31-14-12-27)3-2-4-20(16)25-23(30)21-9-10-22(29)28(26-21)19-7-5-18(24)6-8-19/h2-10H,11-15H2,1H3,(H,25,30). The highest BCUT2D eigenvalue weighted by atomic mass is 32.2. The van der Waals surface area contributed by atoms with E-state index >= 15 is 0 Å².